The van der Waals surface area contributed by atoms with Crippen molar-refractivity contribution in [2.24, 2.45) is 5.73 Å². The SMILES string of the molecule is N[C@@H]1CCN(C(=O)OCc2ccccc2)C1.O=C(O)CC(O)(CC(=O)O)C(=O)O. The van der Waals surface area contributed by atoms with E-state index in [2.05, 4.69) is 0 Å². The van der Waals surface area contributed by atoms with Crippen molar-refractivity contribution >= 4 is 24.0 Å². The van der Waals surface area contributed by atoms with E-state index in [-0.39, 0.29) is 12.1 Å². The summed E-state index contributed by atoms with van der Waals surface area (Å²) in [6.07, 6.45) is -1.69. The van der Waals surface area contributed by atoms with Crippen molar-refractivity contribution < 1.29 is 44.3 Å². The van der Waals surface area contributed by atoms with Gasteiger partial charge in [-0.05, 0) is 12.0 Å². The van der Waals surface area contributed by atoms with E-state index >= 15 is 0 Å². The van der Waals surface area contributed by atoms with Gasteiger partial charge in [-0.1, -0.05) is 30.3 Å². The molecule has 1 atom stereocenters. The summed E-state index contributed by atoms with van der Waals surface area (Å²) in [4.78, 5) is 43.8. The number of hydrogen-bond donors (Lipinski definition) is 5. The number of aliphatic hydroxyl groups is 1. The zero-order valence-corrected chi connectivity index (χ0v) is 15.6. The number of carbonyl (C=O) groups is 4. The predicted molar refractivity (Wildman–Crippen MR) is 97.9 cm³/mol. The summed E-state index contributed by atoms with van der Waals surface area (Å²) in [6, 6.07) is 9.75. The molecule has 0 radical (unpaired) electrons. The molecule has 1 aromatic carbocycles. The number of benzene rings is 1. The van der Waals surface area contributed by atoms with Crippen LogP contribution in [-0.4, -0.2) is 74.1 Å². The van der Waals surface area contributed by atoms with Crippen molar-refractivity contribution in [3.8, 4) is 0 Å². The summed E-state index contributed by atoms with van der Waals surface area (Å²) in [5.74, 6) is -5.02. The van der Waals surface area contributed by atoms with Crippen LogP contribution in [-0.2, 0) is 25.7 Å². The summed E-state index contributed by atoms with van der Waals surface area (Å²) in [6.45, 7) is 1.63. The Morgan fingerprint density at radius 1 is 1.07 bits per heavy atom. The average Bonchev–Trinajstić information content (AvgIpc) is 3.06. The normalized spacial score (nSPS) is 15.8. The Bertz CT molecular complexity index is 707. The van der Waals surface area contributed by atoms with Crippen LogP contribution in [0.25, 0.3) is 0 Å². The van der Waals surface area contributed by atoms with Gasteiger partial charge in [-0.2, -0.15) is 0 Å². The Morgan fingerprint density at radius 2 is 1.62 bits per heavy atom. The van der Waals surface area contributed by atoms with Crippen molar-refractivity contribution in [2.75, 3.05) is 13.1 Å². The van der Waals surface area contributed by atoms with Crippen LogP contribution in [0.2, 0.25) is 0 Å². The lowest BCUT2D eigenvalue weighted by Crippen LogP contribution is -2.42. The first kappa shape index (κ1) is 23.9. The van der Waals surface area contributed by atoms with Crippen molar-refractivity contribution in [2.45, 2.75) is 37.5 Å². The maximum absolute atomic E-state index is 11.6. The second-order valence-corrected chi connectivity index (χ2v) is 6.51. The number of rotatable bonds is 7. The number of aliphatic carboxylic acids is 3. The molecule has 1 aliphatic heterocycles. The monoisotopic (exact) mass is 412 g/mol. The molecule has 1 saturated heterocycles. The molecule has 1 aromatic rings. The lowest BCUT2D eigenvalue weighted by Gasteiger charge is -2.18. The van der Waals surface area contributed by atoms with Gasteiger partial charge in [0.05, 0.1) is 12.8 Å². The summed E-state index contributed by atoms with van der Waals surface area (Å²) in [7, 11) is 0. The molecule has 0 saturated carbocycles. The molecule has 1 heterocycles. The minimum Gasteiger partial charge on any atom is -0.481 e. The van der Waals surface area contributed by atoms with Gasteiger partial charge >= 0.3 is 24.0 Å². The van der Waals surface area contributed by atoms with Crippen LogP contribution >= 0.6 is 0 Å². The van der Waals surface area contributed by atoms with Crippen LogP contribution in [0.3, 0.4) is 0 Å². The highest BCUT2D eigenvalue weighted by molar-refractivity contribution is 5.88. The molecule has 0 aromatic heterocycles. The fraction of sp³-hybridized carbons (Fsp3) is 0.444. The zero-order valence-electron chi connectivity index (χ0n) is 15.6. The largest absolute Gasteiger partial charge is 0.481 e. The van der Waals surface area contributed by atoms with Gasteiger partial charge < -0.3 is 35.8 Å². The molecule has 1 fully saturated rings. The molecule has 6 N–H and O–H groups in total. The van der Waals surface area contributed by atoms with Crippen LogP contribution < -0.4 is 5.73 Å². The topological polar surface area (TPSA) is 188 Å². The van der Waals surface area contributed by atoms with E-state index in [1.54, 1.807) is 4.90 Å². The van der Waals surface area contributed by atoms with Crippen LogP contribution in [0.4, 0.5) is 4.79 Å². The Morgan fingerprint density at radius 3 is 2.03 bits per heavy atom. The van der Waals surface area contributed by atoms with Gasteiger partial charge in [0.25, 0.3) is 0 Å². The van der Waals surface area contributed by atoms with E-state index in [0.717, 1.165) is 12.0 Å². The van der Waals surface area contributed by atoms with Crippen LogP contribution in [0, 0.1) is 0 Å². The standard InChI is InChI=1S/C12H16N2O2.C6H8O7/c13-11-6-7-14(8-11)12(15)16-9-10-4-2-1-3-5-10;7-3(8)1-6(13,5(11)12)2-4(9)10/h1-5,11H,6-9,13H2;13H,1-2H2,(H,7,8)(H,9,10)(H,11,12)/t11-;/m1./s1. The Labute approximate surface area is 166 Å². The maximum atomic E-state index is 11.6. The van der Waals surface area contributed by atoms with Crippen molar-refractivity contribution in [1.82, 2.24) is 4.90 Å². The number of amides is 1. The molecule has 0 unspecified atom stereocenters. The lowest BCUT2D eigenvalue weighted by molar-refractivity contribution is -0.170. The van der Waals surface area contributed by atoms with E-state index in [9.17, 15) is 19.2 Å². The fourth-order valence-corrected chi connectivity index (χ4v) is 2.48. The lowest BCUT2D eigenvalue weighted by atomic mass is 9.96. The van der Waals surface area contributed by atoms with Gasteiger partial charge in [0.1, 0.15) is 6.61 Å². The smallest absolute Gasteiger partial charge is 0.410 e. The van der Waals surface area contributed by atoms with Crippen LogP contribution in [0.1, 0.15) is 24.8 Å². The first-order chi connectivity index (χ1) is 13.5. The molecule has 1 aliphatic rings. The predicted octanol–water partition coefficient (Wildman–Crippen LogP) is 0.108. The summed E-state index contributed by atoms with van der Waals surface area (Å²) in [5, 5.41) is 33.8. The molecular weight excluding hydrogens is 388 g/mol. The van der Waals surface area contributed by atoms with E-state index < -0.39 is 36.4 Å². The van der Waals surface area contributed by atoms with E-state index in [4.69, 9.17) is 30.9 Å². The first-order valence-electron chi connectivity index (χ1n) is 8.64. The summed E-state index contributed by atoms with van der Waals surface area (Å²) < 4.78 is 5.19. The number of carboxylic acid groups (broad SMARTS) is 3. The van der Waals surface area contributed by atoms with E-state index in [1.807, 2.05) is 30.3 Å². The second-order valence-electron chi connectivity index (χ2n) is 6.51. The first-order valence-corrected chi connectivity index (χ1v) is 8.64. The average molecular weight is 412 g/mol. The molecule has 2 rings (SSSR count). The van der Waals surface area contributed by atoms with Crippen LogP contribution in [0.5, 0.6) is 0 Å². The highest BCUT2D eigenvalue weighted by Gasteiger charge is 2.40. The quantitative estimate of drug-likeness (QED) is 0.411. The maximum Gasteiger partial charge on any atom is 0.410 e. The molecule has 29 heavy (non-hydrogen) atoms. The van der Waals surface area contributed by atoms with Gasteiger partial charge in [-0.15, -0.1) is 0 Å². The molecule has 0 aliphatic carbocycles. The number of likely N-dealkylation sites (tertiary alicyclic amines) is 1. The van der Waals surface area contributed by atoms with E-state index in [1.165, 1.54) is 0 Å². The van der Waals surface area contributed by atoms with Crippen molar-refractivity contribution in [1.29, 1.82) is 0 Å². The van der Waals surface area contributed by atoms with Crippen molar-refractivity contribution in [3.63, 3.8) is 0 Å². The van der Waals surface area contributed by atoms with Gasteiger partial charge in [0.2, 0.25) is 0 Å². The molecule has 1 amide bonds. The number of nitrogens with zero attached hydrogens (tertiary/aromatic N) is 1. The molecule has 0 bridgehead atoms. The molecule has 11 heteroatoms. The summed E-state index contributed by atoms with van der Waals surface area (Å²) in [5.41, 5.74) is 3.98. The van der Waals surface area contributed by atoms with Gasteiger partial charge in [-0.3, -0.25) is 9.59 Å². The number of ether oxygens (including phenoxy) is 1. The Kier molecular flexibility index (Phi) is 9.03. The Hall–Kier alpha value is -3.18. The molecular formula is C18H24N2O9. The number of carbonyl (C=O) groups excluding carboxylic acids is 1. The van der Waals surface area contributed by atoms with Crippen molar-refractivity contribution in [3.05, 3.63) is 35.9 Å². The second kappa shape index (κ2) is 11.0. The third-order valence-electron chi connectivity index (χ3n) is 3.97. The highest BCUT2D eigenvalue weighted by Crippen LogP contribution is 2.15. The van der Waals surface area contributed by atoms with Crippen LogP contribution in [0.15, 0.2) is 30.3 Å². The fourth-order valence-electron chi connectivity index (χ4n) is 2.48. The van der Waals surface area contributed by atoms with E-state index in [0.29, 0.717) is 19.7 Å². The highest BCUT2D eigenvalue weighted by atomic mass is 16.6. The molecule has 11 nitrogen and oxygen atoms in total. The van der Waals surface area contributed by atoms with Gasteiger partial charge in [0.15, 0.2) is 5.60 Å². The third-order valence-corrected chi connectivity index (χ3v) is 3.97. The minimum atomic E-state index is -2.74. The number of carboxylic acids is 3. The van der Waals surface area contributed by atoms with Gasteiger partial charge in [-0.25, -0.2) is 9.59 Å². The summed E-state index contributed by atoms with van der Waals surface area (Å²) >= 11 is 0. The van der Waals surface area contributed by atoms with Gasteiger partial charge in [0, 0.05) is 19.1 Å². The molecule has 160 valence electrons. The third kappa shape index (κ3) is 8.58. The zero-order chi connectivity index (χ0) is 22.0. The minimum absolute atomic E-state index is 0.101. The number of hydrogen-bond acceptors (Lipinski definition) is 7. The number of nitrogens with two attached hydrogens (primary N) is 1. The Balaban J connectivity index is 0.000000298. The molecule has 0 spiro atoms.